The molecule has 0 N–H and O–H groups in total. The van der Waals surface area contributed by atoms with Gasteiger partial charge < -0.3 is 9.47 Å². The summed E-state index contributed by atoms with van der Waals surface area (Å²) >= 11 is 0. The first-order chi connectivity index (χ1) is 12.8. The number of aryl methyl sites for hydroxylation is 1. The van der Waals surface area contributed by atoms with Gasteiger partial charge in [0, 0.05) is 5.56 Å². The molecule has 0 bridgehead atoms. The third kappa shape index (κ3) is 5.92. The van der Waals surface area contributed by atoms with Crippen LogP contribution in [-0.4, -0.2) is 32.7 Å². The Labute approximate surface area is 159 Å². The molecule has 7 heteroatoms. The monoisotopic (exact) mass is 390 g/mol. The van der Waals surface area contributed by atoms with Crippen molar-refractivity contribution in [3.63, 3.8) is 0 Å². The summed E-state index contributed by atoms with van der Waals surface area (Å²) in [6, 6.07) is 14.8. The third-order valence-electron chi connectivity index (χ3n) is 3.81. The maximum Gasteiger partial charge on any atom is 0.352 e. The summed E-state index contributed by atoms with van der Waals surface area (Å²) in [5.74, 6) is -1.88. The van der Waals surface area contributed by atoms with Crippen LogP contribution in [0.3, 0.4) is 0 Å². The zero-order valence-electron chi connectivity index (χ0n) is 15.3. The van der Waals surface area contributed by atoms with Crippen molar-refractivity contribution in [3.05, 3.63) is 65.7 Å². The Hall–Kier alpha value is -2.67. The Morgan fingerprint density at radius 2 is 1.63 bits per heavy atom. The van der Waals surface area contributed by atoms with Gasteiger partial charge in [0.15, 0.2) is 9.84 Å². The molecule has 0 amide bonds. The van der Waals surface area contributed by atoms with Crippen LogP contribution in [0.25, 0.3) is 0 Å². The molecule has 0 saturated heterocycles. The van der Waals surface area contributed by atoms with Crippen molar-refractivity contribution in [1.82, 2.24) is 0 Å². The van der Waals surface area contributed by atoms with Crippen molar-refractivity contribution < 1.29 is 27.5 Å². The summed E-state index contributed by atoms with van der Waals surface area (Å²) in [6.07, 6.45) is -1.58. The average molecular weight is 390 g/mol. The van der Waals surface area contributed by atoms with Crippen LogP contribution < -0.4 is 0 Å². The minimum absolute atomic E-state index is 0.140. The molecule has 0 aromatic heterocycles. The molecule has 1 atom stereocenters. The fourth-order valence-corrected chi connectivity index (χ4v) is 3.59. The molecule has 0 heterocycles. The van der Waals surface area contributed by atoms with Crippen LogP contribution in [-0.2, 0) is 28.9 Å². The fourth-order valence-electron chi connectivity index (χ4n) is 2.37. The van der Waals surface area contributed by atoms with Gasteiger partial charge in [0.1, 0.15) is 0 Å². The first-order valence-corrected chi connectivity index (χ1v) is 10.2. The largest absolute Gasteiger partial charge is 0.463 e. The van der Waals surface area contributed by atoms with Crippen molar-refractivity contribution in [2.45, 2.75) is 31.3 Å². The van der Waals surface area contributed by atoms with Gasteiger partial charge in [0.05, 0.1) is 23.7 Å². The lowest BCUT2D eigenvalue weighted by Crippen LogP contribution is -2.23. The van der Waals surface area contributed by atoms with Gasteiger partial charge in [-0.2, -0.15) is 0 Å². The SMILES string of the molecule is CCOC(=O)[C@@H](OC(=O)CCS(=O)(=O)c1ccc(C)cc1)c1ccccc1. The van der Waals surface area contributed by atoms with E-state index in [1.54, 1.807) is 49.4 Å². The first-order valence-electron chi connectivity index (χ1n) is 8.54. The van der Waals surface area contributed by atoms with E-state index >= 15 is 0 Å². The maximum absolute atomic E-state index is 12.3. The van der Waals surface area contributed by atoms with E-state index in [0.29, 0.717) is 5.56 Å². The Morgan fingerprint density at radius 3 is 2.22 bits per heavy atom. The molecular weight excluding hydrogens is 368 g/mol. The van der Waals surface area contributed by atoms with Gasteiger partial charge in [-0.1, -0.05) is 48.0 Å². The number of hydrogen-bond acceptors (Lipinski definition) is 6. The quantitative estimate of drug-likeness (QED) is 0.644. The average Bonchev–Trinajstić information content (AvgIpc) is 2.66. The number of carbonyl (C=O) groups excluding carboxylic acids is 2. The summed E-state index contributed by atoms with van der Waals surface area (Å²) in [4.78, 5) is 24.4. The Balaban J connectivity index is 2.05. The van der Waals surface area contributed by atoms with E-state index in [4.69, 9.17) is 9.47 Å². The van der Waals surface area contributed by atoms with Crippen LogP contribution in [0, 0.1) is 6.92 Å². The van der Waals surface area contributed by atoms with Crippen molar-refractivity contribution in [3.8, 4) is 0 Å². The van der Waals surface area contributed by atoms with Crippen LogP contribution in [0.5, 0.6) is 0 Å². The molecule has 2 aromatic carbocycles. The molecule has 0 aliphatic heterocycles. The second-order valence-electron chi connectivity index (χ2n) is 5.91. The first kappa shape index (κ1) is 20.6. The van der Waals surface area contributed by atoms with Crippen LogP contribution in [0.1, 0.15) is 30.6 Å². The predicted octanol–water partition coefficient (Wildman–Crippen LogP) is 3.01. The molecule has 6 nitrogen and oxygen atoms in total. The maximum atomic E-state index is 12.3. The molecule has 2 aromatic rings. The highest BCUT2D eigenvalue weighted by Gasteiger charge is 2.27. The minimum atomic E-state index is -3.62. The van der Waals surface area contributed by atoms with Gasteiger partial charge in [0.25, 0.3) is 0 Å². The van der Waals surface area contributed by atoms with Crippen LogP contribution >= 0.6 is 0 Å². The molecule has 0 aliphatic rings. The Bertz CT molecular complexity index is 872. The zero-order chi connectivity index (χ0) is 19.9. The van der Waals surface area contributed by atoms with Gasteiger partial charge in [-0.05, 0) is 26.0 Å². The number of esters is 2. The number of rotatable bonds is 8. The lowest BCUT2D eigenvalue weighted by molar-refractivity contribution is -0.168. The molecule has 0 fully saturated rings. The van der Waals surface area contributed by atoms with Crippen molar-refractivity contribution in [2.24, 2.45) is 0 Å². The number of benzene rings is 2. The van der Waals surface area contributed by atoms with Gasteiger partial charge >= 0.3 is 11.9 Å². The smallest absolute Gasteiger partial charge is 0.352 e. The second-order valence-corrected chi connectivity index (χ2v) is 8.02. The van der Waals surface area contributed by atoms with Crippen molar-refractivity contribution >= 4 is 21.8 Å². The third-order valence-corrected chi connectivity index (χ3v) is 5.54. The molecule has 0 aliphatic carbocycles. The predicted molar refractivity (Wildman–Crippen MR) is 99.8 cm³/mol. The summed E-state index contributed by atoms with van der Waals surface area (Å²) in [5, 5.41) is 0. The molecule has 144 valence electrons. The van der Waals surface area contributed by atoms with Gasteiger partial charge in [0.2, 0.25) is 6.10 Å². The normalized spacial score (nSPS) is 12.2. The molecule has 2 rings (SSSR count). The van der Waals surface area contributed by atoms with E-state index in [2.05, 4.69) is 0 Å². The topological polar surface area (TPSA) is 86.7 Å². The van der Waals surface area contributed by atoms with E-state index in [0.717, 1.165) is 5.56 Å². The Kier molecular flexibility index (Phi) is 7.12. The second kappa shape index (κ2) is 9.32. The molecule has 0 spiro atoms. The molecule has 0 radical (unpaired) electrons. The lowest BCUT2D eigenvalue weighted by Gasteiger charge is -2.17. The van der Waals surface area contributed by atoms with Crippen molar-refractivity contribution in [1.29, 1.82) is 0 Å². The standard InChI is InChI=1S/C20H22O6S/c1-3-25-20(22)19(16-7-5-4-6-8-16)26-18(21)13-14-27(23,24)17-11-9-15(2)10-12-17/h4-12,19H,3,13-14H2,1-2H3/t19-/m0/s1. The van der Waals surface area contributed by atoms with Crippen LogP contribution in [0.2, 0.25) is 0 Å². The fraction of sp³-hybridized carbons (Fsp3) is 0.300. The summed E-state index contributed by atoms with van der Waals surface area (Å²) in [6.45, 7) is 3.64. The van der Waals surface area contributed by atoms with E-state index in [9.17, 15) is 18.0 Å². The van der Waals surface area contributed by atoms with Crippen molar-refractivity contribution in [2.75, 3.05) is 12.4 Å². The van der Waals surface area contributed by atoms with Gasteiger partial charge in [-0.25, -0.2) is 13.2 Å². The highest BCUT2D eigenvalue weighted by atomic mass is 32.2. The summed E-state index contributed by atoms with van der Waals surface area (Å²) in [7, 11) is -3.62. The summed E-state index contributed by atoms with van der Waals surface area (Å²) in [5.41, 5.74) is 1.40. The number of carbonyl (C=O) groups is 2. The molecule has 0 unspecified atom stereocenters. The van der Waals surface area contributed by atoms with E-state index in [1.165, 1.54) is 12.1 Å². The number of hydrogen-bond donors (Lipinski definition) is 0. The molecule has 0 saturated carbocycles. The lowest BCUT2D eigenvalue weighted by atomic mass is 10.1. The zero-order valence-corrected chi connectivity index (χ0v) is 16.1. The number of ether oxygens (including phenoxy) is 2. The Morgan fingerprint density at radius 1 is 1.00 bits per heavy atom. The summed E-state index contributed by atoms with van der Waals surface area (Å²) < 4.78 is 34.9. The molecular formula is C20H22O6S. The van der Waals surface area contributed by atoms with E-state index in [-0.39, 0.29) is 17.9 Å². The van der Waals surface area contributed by atoms with Crippen LogP contribution in [0.4, 0.5) is 0 Å². The van der Waals surface area contributed by atoms with Gasteiger partial charge in [-0.3, -0.25) is 4.79 Å². The van der Waals surface area contributed by atoms with E-state index in [1.807, 2.05) is 6.92 Å². The molecule has 27 heavy (non-hydrogen) atoms. The minimum Gasteiger partial charge on any atom is -0.463 e. The number of sulfone groups is 1. The van der Waals surface area contributed by atoms with E-state index < -0.39 is 33.6 Å². The highest BCUT2D eigenvalue weighted by Crippen LogP contribution is 2.20. The van der Waals surface area contributed by atoms with Crippen LogP contribution in [0.15, 0.2) is 59.5 Å². The van der Waals surface area contributed by atoms with Gasteiger partial charge in [-0.15, -0.1) is 0 Å². The highest BCUT2D eigenvalue weighted by molar-refractivity contribution is 7.91.